The van der Waals surface area contributed by atoms with Crippen LogP contribution in [0.2, 0.25) is 0 Å². The summed E-state index contributed by atoms with van der Waals surface area (Å²) in [4.78, 5) is 3.96. The zero-order valence-corrected chi connectivity index (χ0v) is 10.1. The lowest BCUT2D eigenvalue weighted by molar-refractivity contribution is 0.425. The molecule has 84 valence electrons. The second-order valence-corrected chi connectivity index (χ2v) is 4.00. The standard InChI is InChI=1S/C12H6BrFN2O/c13-9-2-1-5-16-12(9)17-11-4-3-8(7-15)6-10(11)14/h1-6H. The Morgan fingerprint density at radius 3 is 2.82 bits per heavy atom. The summed E-state index contributed by atoms with van der Waals surface area (Å²) in [6, 6.07) is 9.31. The molecular weight excluding hydrogens is 287 g/mol. The van der Waals surface area contributed by atoms with E-state index in [0.717, 1.165) is 6.07 Å². The maximum atomic E-state index is 13.5. The summed E-state index contributed by atoms with van der Waals surface area (Å²) in [7, 11) is 0. The molecule has 3 nitrogen and oxygen atoms in total. The Kier molecular flexibility index (Phi) is 3.35. The number of halogens is 2. The number of nitriles is 1. The van der Waals surface area contributed by atoms with E-state index < -0.39 is 5.82 Å². The summed E-state index contributed by atoms with van der Waals surface area (Å²) in [5.74, 6) is -0.291. The summed E-state index contributed by atoms with van der Waals surface area (Å²) < 4.78 is 19.5. The van der Waals surface area contributed by atoms with Crippen LogP contribution in [0.3, 0.4) is 0 Å². The summed E-state index contributed by atoms with van der Waals surface area (Å²) in [5, 5.41) is 8.61. The van der Waals surface area contributed by atoms with Crippen molar-refractivity contribution in [2.24, 2.45) is 0 Å². The molecule has 0 unspecified atom stereocenters. The smallest absolute Gasteiger partial charge is 0.233 e. The van der Waals surface area contributed by atoms with E-state index in [1.54, 1.807) is 18.3 Å². The molecule has 1 heterocycles. The summed E-state index contributed by atoms with van der Waals surface area (Å²) in [6.45, 7) is 0. The molecule has 0 spiro atoms. The number of ether oxygens (including phenoxy) is 1. The molecule has 2 rings (SSSR count). The maximum Gasteiger partial charge on any atom is 0.233 e. The predicted octanol–water partition coefficient (Wildman–Crippen LogP) is 3.65. The van der Waals surface area contributed by atoms with Gasteiger partial charge in [-0.25, -0.2) is 9.37 Å². The number of hydrogen-bond acceptors (Lipinski definition) is 3. The predicted molar refractivity (Wildman–Crippen MR) is 63.1 cm³/mol. The van der Waals surface area contributed by atoms with Crippen molar-refractivity contribution in [3.05, 3.63) is 52.4 Å². The molecule has 5 heteroatoms. The van der Waals surface area contributed by atoms with Crippen LogP contribution in [0.25, 0.3) is 0 Å². The first-order valence-electron chi connectivity index (χ1n) is 4.69. The van der Waals surface area contributed by atoms with Crippen LogP contribution in [0.15, 0.2) is 41.0 Å². The first-order chi connectivity index (χ1) is 8.20. The molecule has 0 saturated heterocycles. The van der Waals surface area contributed by atoms with Crippen LogP contribution in [-0.2, 0) is 0 Å². The monoisotopic (exact) mass is 292 g/mol. The molecular formula is C12H6BrFN2O. The van der Waals surface area contributed by atoms with Gasteiger partial charge in [-0.1, -0.05) is 0 Å². The number of rotatable bonds is 2. The molecule has 0 amide bonds. The molecule has 0 aliphatic carbocycles. The number of hydrogen-bond donors (Lipinski definition) is 0. The average molecular weight is 293 g/mol. The Morgan fingerprint density at radius 2 is 2.18 bits per heavy atom. The lowest BCUT2D eigenvalue weighted by Crippen LogP contribution is -1.92. The fourth-order valence-electron chi connectivity index (χ4n) is 1.20. The van der Waals surface area contributed by atoms with Crippen molar-refractivity contribution in [2.75, 3.05) is 0 Å². The Morgan fingerprint density at radius 1 is 1.35 bits per heavy atom. The van der Waals surface area contributed by atoms with E-state index >= 15 is 0 Å². The van der Waals surface area contributed by atoms with Crippen LogP contribution < -0.4 is 4.74 Å². The van der Waals surface area contributed by atoms with Gasteiger partial charge in [0, 0.05) is 6.20 Å². The minimum absolute atomic E-state index is 0.0309. The highest BCUT2D eigenvalue weighted by Crippen LogP contribution is 2.28. The lowest BCUT2D eigenvalue weighted by atomic mass is 10.2. The molecule has 2 aromatic rings. The van der Waals surface area contributed by atoms with E-state index in [-0.39, 0.29) is 17.2 Å². The van der Waals surface area contributed by atoms with Gasteiger partial charge in [0.25, 0.3) is 0 Å². The minimum Gasteiger partial charge on any atom is -0.435 e. The SMILES string of the molecule is N#Cc1ccc(Oc2ncccc2Br)c(F)c1. The van der Waals surface area contributed by atoms with Gasteiger partial charge in [-0.3, -0.25) is 0 Å². The zero-order chi connectivity index (χ0) is 12.3. The second kappa shape index (κ2) is 4.93. The second-order valence-electron chi connectivity index (χ2n) is 3.15. The molecule has 17 heavy (non-hydrogen) atoms. The number of aromatic nitrogens is 1. The largest absolute Gasteiger partial charge is 0.435 e. The van der Waals surface area contributed by atoms with E-state index in [1.807, 2.05) is 6.07 Å². The Hall–Kier alpha value is -1.93. The lowest BCUT2D eigenvalue weighted by Gasteiger charge is -2.06. The fourth-order valence-corrected chi connectivity index (χ4v) is 1.54. The van der Waals surface area contributed by atoms with E-state index in [9.17, 15) is 4.39 Å². The van der Waals surface area contributed by atoms with Crippen LogP contribution in [0.5, 0.6) is 11.6 Å². The molecule has 0 aliphatic heterocycles. The van der Waals surface area contributed by atoms with E-state index in [2.05, 4.69) is 20.9 Å². The van der Waals surface area contributed by atoms with Crippen molar-refractivity contribution in [1.29, 1.82) is 5.26 Å². The first-order valence-corrected chi connectivity index (χ1v) is 5.48. The summed E-state index contributed by atoms with van der Waals surface area (Å²) in [6.07, 6.45) is 1.54. The highest BCUT2D eigenvalue weighted by atomic mass is 79.9. The fraction of sp³-hybridized carbons (Fsp3) is 0. The Labute approximate surface area is 106 Å². The molecule has 1 aromatic carbocycles. The van der Waals surface area contributed by atoms with Crippen LogP contribution in [0, 0.1) is 17.1 Å². The van der Waals surface area contributed by atoms with Gasteiger partial charge in [-0.05, 0) is 46.3 Å². The maximum absolute atomic E-state index is 13.5. The van der Waals surface area contributed by atoms with Crippen LogP contribution in [-0.4, -0.2) is 4.98 Å². The molecule has 0 fully saturated rings. The van der Waals surface area contributed by atoms with Crippen molar-refractivity contribution in [2.45, 2.75) is 0 Å². The van der Waals surface area contributed by atoms with Gasteiger partial charge in [0.1, 0.15) is 0 Å². The van der Waals surface area contributed by atoms with E-state index in [0.29, 0.717) is 4.47 Å². The molecule has 0 bridgehead atoms. The third-order valence-electron chi connectivity index (χ3n) is 1.99. The zero-order valence-electron chi connectivity index (χ0n) is 8.52. The molecule has 0 aliphatic rings. The summed E-state index contributed by atoms with van der Waals surface area (Å²) >= 11 is 3.24. The number of nitrogens with zero attached hydrogens (tertiary/aromatic N) is 2. The molecule has 1 aromatic heterocycles. The van der Waals surface area contributed by atoms with Crippen LogP contribution >= 0.6 is 15.9 Å². The third kappa shape index (κ3) is 2.60. The average Bonchev–Trinajstić information content (AvgIpc) is 2.34. The first kappa shape index (κ1) is 11.6. The van der Waals surface area contributed by atoms with Crippen molar-refractivity contribution in [1.82, 2.24) is 4.98 Å². The number of pyridine rings is 1. The third-order valence-corrected chi connectivity index (χ3v) is 2.60. The normalized spacial score (nSPS) is 9.71. The molecule has 0 atom stereocenters. The van der Waals surface area contributed by atoms with Crippen molar-refractivity contribution in [3.63, 3.8) is 0 Å². The minimum atomic E-state index is -0.596. The molecule has 0 saturated carbocycles. The number of benzene rings is 1. The van der Waals surface area contributed by atoms with Crippen molar-refractivity contribution >= 4 is 15.9 Å². The highest BCUT2D eigenvalue weighted by Gasteiger charge is 2.08. The van der Waals surface area contributed by atoms with Crippen molar-refractivity contribution < 1.29 is 9.13 Å². The topological polar surface area (TPSA) is 45.9 Å². The van der Waals surface area contributed by atoms with E-state index in [4.69, 9.17) is 10.00 Å². The van der Waals surface area contributed by atoms with E-state index in [1.165, 1.54) is 12.1 Å². The van der Waals surface area contributed by atoms with Crippen molar-refractivity contribution in [3.8, 4) is 17.7 Å². The van der Waals surface area contributed by atoms with Gasteiger partial charge in [0.05, 0.1) is 16.1 Å². The Bertz CT molecular complexity index is 595. The van der Waals surface area contributed by atoms with Gasteiger partial charge in [0.2, 0.25) is 5.88 Å². The summed E-state index contributed by atoms with van der Waals surface area (Å²) in [5.41, 5.74) is 0.245. The molecule has 0 N–H and O–H groups in total. The quantitative estimate of drug-likeness (QED) is 0.849. The van der Waals surface area contributed by atoms with Crippen LogP contribution in [0.4, 0.5) is 4.39 Å². The van der Waals surface area contributed by atoms with Gasteiger partial charge in [-0.2, -0.15) is 5.26 Å². The van der Waals surface area contributed by atoms with Gasteiger partial charge in [0.15, 0.2) is 11.6 Å². The molecule has 0 radical (unpaired) electrons. The Balaban J connectivity index is 2.32. The highest BCUT2D eigenvalue weighted by molar-refractivity contribution is 9.10. The van der Waals surface area contributed by atoms with Gasteiger partial charge in [-0.15, -0.1) is 0 Å². The van der Waals surface area contributed by atoms with Gasteiger partial charge < -0.3 is 4.74 Å². The van der Waals surface area contributed by atoms with Crippen LogP contribution in [0.1, 0.15) is 5.56 Å². The van der Waals surface area contributed by atoms with Gasteiger partial charge >= 0.3 is 0 Å².